The van der Waals surface area contributed by atoms with Crippen LogP contribution >= 0.6 is 0 Å². The molecule has 1 aliphatic heterocycles. The summed E-state index contributed by atoms with van der Waals surface area (Å²) in [5, 5.41) is 3.08. The Morgan fingerprint density at radius 3 is 2.08 bits per heavy atom. The van der Waals surface area contributed by atoms with E-state index in [4.69, 9.17) is 9.31 Å². The van der Waals surface area contributed by atoms with Crippen molar-refractivity contribution in [3.63, 3.8) is 0 Å². The van der Waals surface area contributed by atoms with Crippen LogP contribution in [-0.2, 0) is 9.31 Å². The first-order valence-electron chi connectivity index (χ1n) is 4.59. The van der Waals surface area contributed by atoms with Crippen LogP contribution in [0.1, 0.15) is 27.7 Å². The van der Waals surface area contributed by atoms with Crippen LogP contribution in [0.3, 0.4) is 0 Å². The minimum absolute atomic E-state index is 0.258. The van der Waals surface area contributed by atoms with Crippen LogP contribution in [-0.4, -0.2) is 25.0 Å². The largest absolute Gasteiger partial charge is 0.555 e. The maximum Gasteiger partial charge on any atom is 0.555 e. The number of nitrogens with one attached hydrogen (secondary N) is 1. The number of rotatable bonds is 3. The van der Waals surface area contributed by atoms with Gasteiger partial charge in [-0.3, -0.25) is 0 Å². The molecule has 1 fully saturated rings. The van der Waals surface area contributed by atoms with Crippen molar-refractivity contribution in [1.29, 1.82) is 0 Å². The van der Waals surface area contributed by atoms with E-state index < -0.39 is 0 Å². The monoisotopic (exact) mass is 183 g/mol. The fourth-order valence-corrected chi connectivity index (χ4v) is 1.11. The second kappa shape index (κ2) is 3.44. The Balaban J connectivity index is 2.54. The Hall–Kier alpha value is -0.315. The molecule has 0 aromatic heterocycles. The predicted octanol–water partition coefficient (Wildman–Crippen LogP) is 1.35. The lowest BCUT2D eigenvalue weighted by Gasteiger charge is -2.32. The van der Waals surface area contributed by atoms with E-state index in [0.717, 1.165) is 0 Å². The molecule has 0 radical (unpaired) electrons. The minimum atomic E-state index is -0.317. The average molecular weight is 183 g/mol. The zero-order chi connectivity index (χ0) is 10.1. The number of hydrogen-bond donors (Lipinski definition) is 1. The highest BCUT2D eigenvalue weighted by molar-refractivity contribution is 6.42. The predicted molar refractivity (Wildman–Crippen MR) is 54.3 cm³/mol. The van der Waals surface area contributed by atoms with Crippen molar-refractivity contribution in [3.05, 3.63) is 12.7 Å². The molecule has 0 unspecified atom stereocenters. The van der Waals surface area contributed by atoms with Crippen molar-refractivity contribution in [2.45, 2.75) is 38.9 Å². The fourth-order valence-electron chi connectivity index (χ4n) is 1.11. The zero-order valence-corrected chi connectivity index (χ0v) is 8.89. The molecule has 0 amide bonds. The number of hydrogen-bond acceptors (Lipinski definition) is 3. The van der Waals surface area contributed by atoms with Crippen LogP contribution in [0, 0.1) is 0 Å². The highest BCUT2D eigenvalue weighted by Gasteiger charge is 2.51. The van der Waals surface area contributed by atoms with Crippen molar-refractivity contribution in [2.24, 2.45) is 0 Å². The Morgan fingerprint density at radius 2 is 1.69 bits per heavy atom. The summed E-state index contributed by atoms with van der Waals surface area (Å²) in [5.41, 5.74) is -0.516. The second-order valence-electron chi connectivity index (χ2n) is 4.29. The van der Waals surface area contributed by atoms with Crippen LogP contribution in [0.2, 0.25) is 0 Å². The summed E-state index contributed by atoms with van der Waals surface area (Å²) in [4.78, 5) is 0. The highest BCUT2D eigenvalue weighted by Crippen LogP contribution is 2.35. The lowest BCUT2D eigenvalue weighted by Crippen LogP contribution is -2.41. The van der Waals surface area contributed by atoms with Crippen LogP contribution in [0.15, 0.2) is 12.7 Å². The SMILES string of the molecule is C=CCNB1OC(C)(C)C(C)(C)O1. The average Bonchev–Trinajstić information content (AvgIpc) is 2.17. The van der Waals surface area contributed by atoms with Gasteiger partial charge < -0.3 is 14.5 Å². The van der Waals surface area contributed by atoms with E-state index in [0.29, 0.717) is 6.54 Å². The fraction of sp³-hybridized carbons (Fsp3) is 0.778. The van der Waals surface area contributed by atoms with E-state index in [1.807, 2.05) is 27.7 Å². The first-order chi connectivity index (χ1) is 5.89. The Kier molecular flexibility index (Phi) is 2.85. The zero-order valence-electron chi connectivity index (χ0n) is 8.89. The lowest BCUT2D eigenvalue weighted by molar-refractivity contribution is 0.00578. The molecular formula is C9H18BNO2. The summed E-state index contributed by atoms with van der Waals surface area (Å²) >= 11 is 0. The van der Waals surface area contributed by atoms with Gasteiger partial charge in [0.1, 0.15) is 0 Å². The van der Waals surface area contributed by atoms with Gasteiger partial charge in [-0.1, -0.05) is 6.08 Å². The summed E-state index contributed by atoms with van der Waals surface area (Å²) < 4.78 is 11.4. The normalized spacial score (nSPS) is 24.8. The summed E-state index contributed by atoms with van der Waals surface area (Å²) in [6, 6.07) is 0. The van der Waals surface area contributed by atoms with Gasteiger partial charge in [-0.25, -0.2) is 0 Å². The smallest absolute Gasteiger partial charge is 0.389 e. The van der Waals surface area contributed by atoms with Crippen molar-refractivity contribution in [3.8, 4) is 0 Å². The van der Waals surface area contributed by atoms with Gasteiger partial charge in [-0.15, -0.1) is 6.58 Å². The maximum absolute atomic E-state index is 5.68. The van der Waals surface area contributed by atoms with Gasteiger partial charge in [0.15, 0.2) is 0 Å². The topological polar surface area (TPSA) is 30.5 Å². The van der Waals surface area contributed by atoms with E-state index in [2.05, 4.69) is 11.8 Å². The molecule has 1 heterocycles. The maximum atomic E-state index is 5.68. The molecular weight excluding hydrogens is 165 g/mol. The van der Waals surface area contributed by atoms with Crippen LogP contribution in [0.25, 0.3) is 0 Å². The van der Waals surface area contributed by atoms with E-state index in [-0.39, 0.29) is 18.5 Å². The van der Waals surface area contributed by atoms with Crippen LogP contribution in [0.5, 0.6) is 0 Å². The third kappa shape index (κ3) is 2.13. The molecule has 0 aromatic carbocycles. The standard InChI is InChI=1S/C9H18BNO2/c1-6-7-11-10-12-8(2,3)9(4,5)13-10/h6,11H,1,7H2,2-5H3. The van der Waals surface area contributed by atoms with Crippen LogP contribution < -0.4 is 5.23 Å². The van der Waals surface area contributed by atoms with E-state index in [1.165, 1.54) is 0 Å². The first kappa shape index (κ1) is 10.8. The van der Waals surface area contributed by atoms with Crippen molar-refractivity contribution >= 4 is 7.25 Å². The van der Waals surface area contributed by atoms with Gasteiger partial charge in [0.2, 0.25) is 0 Å². The summed E-state index contributed by atoms with van der Waals surface area (Å²) in [5.74, 6) is 0. The molecule has 4 heteroatoms. The molecule has 1 rings (SSSR count). The highest BCUT2D eigenvalue weighted by atomic mass is 16.7. The molecule has 1 N–H and O–H groups in total. The Labute approximate surface area is 80.7 Å². The molecule has 0 aromatic rings. The van der Waals surface area contributed by atoms with Crippen molar-refractivity contribution in [2.75, 3.05) is 6.54 Å². The van der Waals surface area contributed by atoms with Gasteiger partial charge in [0.05, 0.1) is 11.2 Å². The molecule has 0 aliphatic carbocycles. The third-order valence-corrected chi connectivity index (χ3v) is 2.68. The molecule has 3 nitrogen and oxygen atoms in total. The Bertz CT molecular complexity index is 188. The molecule has 0 spiro atoms. The van der Waals surface area contributed by atoms with Gasteiger partial charge in [-0.2, -0.15) is 0 Å². The summed E-state index contributed by atoms with van der Waals surface area (Å²) in [6.07, 6.45) is 1.78. The van der Waals surface area contributed by atoms with E-state index in [1.54, 1.807) is 6.08 Å². The molecule has 0 bridgehead atoms. The molecule has 0 atom stereocenters. The van der Waals surface area contributed by atoms with Crippen LogP contribution in [0.4, 0.5) is 0 Å². The summed E-state index contributed by atoms with van der Waals surface area (Å²) in [7, 11) is -0.317. The van der Waals surface area contributed by atoms with Gasteiger partial charge >= 0.3 is 7.25 Å². The molecule has 1 saturated heterocycles. The second-order valence-corrected chi connectivity index (χ2v) is 4.29. The molecule has 74 valence electrons. The molecule has 1 aliphatic rings. The Morgan fingerprint density at radius 1 is 1.23 bits per heavy atom. The molecule has 0 saturated carbocycles. The summed E-state index contributed by atoms with van der Waals surface area (Å²) in [6.45, 7) is 12.4. The van der Waals surface area contributed by atoms with Crippen molar-refractivity contribution < 1.29 is 9.31 Å². The van der Waals surface area contributed by atoms with Crippen molar-refractivity contribution in [1.82, 2.24) is 5.23 Å². The van der Waals surface area contributed by atoms with Gasteiger partial charge in [0, 0.05) is 6.54 Å². The quantitative estimate of drug-likeness (QED) is 0.529. The van der Waals surface area contributed by atoms with Gasteiger partial charge in [-0.05, 0) is 27.7 Å². The minimum Gasteiger partial charge on any atom is -0.389 e. The van der Waals surface area contributed by atoms with Gasteiger partial charge in [0.25, 0.3) is 0 Å². The van der Waals surface area contributed by atoms with E-state index >= 15 is 0 Å². The first-order valence-corrected chi connectivity index (χ1v) is 4.59. The lowest BCUT2D eigenvalue weighted by atomic mass is 9.90. The van der Waals surface area contributed by atoms with E-state index in [9.17, 15) is 0 Å². The molecule has 13 heavy (non-hydrogen) atoms. The third-order valence-electron chi connectivity index (χ3n) is 2.68.